The maximum Gasteiger partial charge on any atom is 0.293 e. The van der Waals surface area contributed by atoms with E-state index in [1.165, 1.54) is 4.90 Å². The highest BCUT2D eigenvalue weighted by atomic mass is 35.5. The molecule has 0 bridgehead atoms. The fourth-order valence-corrected chi connectivity index (χ4v) is 3.63. The summed E-state index contributed by atoms with van der Waals surface area (Å²) in [6.07, 6.45) is 1.58. The van der Waals surface area contributed by atoms with Gasteiger partial charge < -0.3 is 0 Å². The van der Waals surface area contributed by atoms with Gasteiger partial charge in [0.15, 0.2) is 0 Å². The number of imide groups is 1. The van der Waals surface area contributed by atoms with E-state index < -0.39 is 0 Å². The average Bonchev–Trinajstić information content (AvgIpc) is 2.79. The second-order valence-electron chi connectivity index (χ2n) is 5.04. The number of carbonyl (C=O) groups is 2. The minimum absolute atomic E-state index is 0.172. The summed E-state index contributed by atoms with van der Waals surface area (Å²) in [6.45, 7) is 0.172. The van der Waals surface area contributed by atoms with E-state index in [0.717, 1.165) is 17.3 Å². The van der Waals surface area contributed by atoms with Gasteiger partial charge in [0, 0.05) is 5.02 Å². The predicted octanol–water partition coefficient (Wildman–Crippen LogP) is 5.88. The first-order valence-electron chi connectivity index (χ1n) is 6.89. The Hall–Kier alpha value is -1.46. The number of nitrogens with zero attached hydrogens (tertiary/aromatic N) is 1. The van der Waals surface area contributed by atoms with Gasteiger partial charge in [-0.15, -0.1) is 0 Å². The SMILES string of the molecule is O=C1S/C(=C\c2cccc(Cl)c2Cl)C(=O)N1Cc1cccc(Cl)c1. The van der Waals surface area contributed by atoms with E-state index in [-0.39, 0.29) is 17.7 Å². The molecule has 0 radical (unpaired) electrons. The van der Waals surface area contributed by atoms with Gasteiger partial charge in [-0.25, -0.2) is 0 Å². The number of hydrogen-bond donors (Lipinski definition) is 0. The second kappa shape index (κ2) is 7.19. The third-order valence-electron chi connectivity index (χ3n) is 3.37. The van der Waals surface area contributed by atoms with Crippen molar-refractivity contribution in [1.82, 2.24) is 4.90 Å². The Labute approximate surface area is 158 Å². The van der Waals surface area contributed by atoms with Crippen LogP contribution in [0.15, 0.2) is 47.4 Å². The lowest BCUT2D eigenvalue weighted by atomic mass is 10.2. The molecule has 0 saturated carbocycles. The lowest BCUT2D eigenvalue weighted by Crippen LogP contribution is -2.27. The number of thioether (sulfide) groups is 1. The van der Waals surface area contributed by atoms with Crippen molar-refractivity contribution in [3.63, 3.8) is 0 Å². The molecule has 0 spiro atoms. The first kappa shape index (κ1) is 17.4. The summed E-state index contributed by atoms with van der Waals surface area (Å²) in [5.74, 6) is -0.360. The maximum atomic E-state index is 12.5. The van der Waals surface area contributed by atoms with Crippen molar-refractivity contribution in [3.8, 4) is 0 Å². The highest BCUT2D eigenvalue weighted by Gasteiger charge is 2.35. The van der Waals surface area contributed by atoms with Crippen molar-refractivity contribution >= 4 is 63.8 Å². The topological polar surface area (TPSA) is 37.4 Å². The number of halogens is 3. The molecule has 122 valence electrons. The van der Waals surface area contributed by atoms with Gasteiger partial charge in [0.25, 0.3) is 11.1 Å². The third kappa shape index (κ3) is 3.62. The molecule has 1 saturated heterocycles. The smallest absolute Gasteiger partial charge is 0.268 e. The van der Waals surface area contributed by atoms with Gasteiger partial charge in [0.05, 0.1) is 21.5 Å². The second-order valence-corrected chi connectivity index (χ2v) is 7.26. The Kier molecular flexibility index (Phi) is 5.21. The summed E-state index contributed by atoms with van der Waals surface area (Å²) in [5, 5.41) is 0.967. The zero-order valence-electron chi connectivity index (χ0n) is 12.1. The highest BCUT2D eigenvalue weighted by molar-refractivity contribution is 8.18. The van der Waals surface area contributed by atoms with Crippen LogP contribution in [-0.4, -0.2) is 16.0 Å². The van der Waals surface area contributed by atoms with E-state index >= 15 is 0 Å². The van der Waals surface area contributed by atoms with Crippen molar-refractivity contribution in [2.24, 2.45) is 0 Å². The molecule has 1 aliphatic rings. The lowest BCUT2D eigenvalue weighted by molar-refractivity contribution is -0.123. The van der Waals surface area contributed by atoms with Gasteiger partial charge in [-0.1, -0.05) is 59.1 Å². The number of carbonyl (C=O) groups excluding carboxylic acids is 2. The van der Waals surface area contributed by atoms with Crippen LogP contribution in [0.4, 0.5) is 4.79 Å². The number of hydrogen-bond acceptors (Lipinski definition) is 3. The molecule has 3 rings (SSSR count). The van der Waals surface area contributed by atoms with E-state index in [4.69, 9.17) is 34.8 Å². The summed E-state index contributed by atoms with van der Waals surface area (Å²) in [7, 11) is 0. The van der Waals surface area contributed by atoms with Gasteiger partial charge in [0.1, 0.15) is 0 Å². The quantitative estimate of drug-likeness (QED) is 0.606. The molecule has 0 N–H and O–H groups in total. The molecule has 1 aliphatic heterocycles. The Balaban J connectivity index is 1.86. The highest BCUT2D eigenvalue weighted by Crippen LogP contribution is 2.35. The molecular formula is C17H10Cl3NO2S. The first-order valence-corrected chi connectivity index (χ1v) is 8.84. The van der Waals surface area contributed by atoms with Crippen molar-refractivity contribution < 1.29 is 9.59 Å². The van der Waals surface area contributed by atoms with Crippen LogP contribution in [0.25, 0.3) is 6.08 Å². The van der Waals surface area contributed by atoms with Crippen LogP contribution >= 0.6 is 46.6 Å². The number of amides is 2. The summed E-state index contributed by atoms with van der Waals surface area (Å²) >= 11 is 18.9. The summed E-state index contributed by atoms with van der Waals surface area (Å²) in [6, 6.07) is 12.2. The molecule has 0 aromatic heterocycles. The molecule has 3 nitrogen and oxygen atoms in total. The van der Waals surface area contributed by atoms with Crippen molar-refractivity contribution in [3.05, 3.63) is 73.6 Å². The molecule has 0 unspecified atom stereocenters. The minimum Gasteiger partial charge on any atom is -0.268 e. The van der Waals surface area contributed by atoms with Gasteiger partial charge in [-0.2, -0.15) is 0 Å². The normalized spacial score (nSPS) is 16.3. The fraction of sp³-hybridized carbons (Fsp3) is 0.0588. The molecule has 0 atom stereocenters. The van der Waals surface area contributed by atoms with E-state index in [1.807, 2.05) is 6.07 Å². The van der Waals surface area contributed by atoms with Crippen LogP contribution in [0.2, 0.25) is 15.1 Å². The lowest BCUT2D eigenvalue weighted by Gasteiger charge is -2.12. The predicted molar refractivity (Wildman–Crippen MR) is 99.4 cm³/mol. The molecule has 7 heteroatoms. The zero-order valence-corrected chi connectivity index (χ0v) is 15.2. The third-order valence-corrected chi connectivity index (χ3v) is 5.35. The summed E-state index contributed by atoms with van der Waals surface area (Å²) in [5.41, 5.74) is 1.38. The maximum absolute atomic E-state index is 12.5. The summed E-state index contributed by atoms with van der Waals surface area (Å²) in [4.78, 5) is 26.2. The van der Waals surface area contributed by atoms with Gasteiger partial charge in [-0.3, -0.25) is 14.5 Å². The molecular weight excluding hydrogens is 389 g/mol. The van der Waals surface area contributed by atoms with Crippen LogP contribution in [0.3, 0.4) is 0 Å². The average molecular weight is 399 g/mol. The van der Waals surface area contributed by atoms with E-state index in [0.29, 0.717) is 25.5 Å². The van der Waals surface area contributed by atoms with Crippen molar-refractivity contribution in [2.75, 3.05) is 0 Å². The standard InChI is InChI=1S/C17H10Cl3NO2S/c18-12-5-1-3-10(7-12)9-21-16(22)14(24-17(21)23)8-11-4-2-6-13(19)15(11)20/h1-8H,9H2/b14-8-. The molecule has 1 fully saturated rings. The van der Waals surface area contributed by atoms with Crippen LogP contribution in [0, 0.1) is 0 Å². The van der Waals surface area contributed by atoms with E-state index in [1.54, 1.807) is 42.5 Å². The molecule has 0 aliphatic carbocycles. The number of rotatable bonds is 3. The summed E-state index contributed by atoms with van der Waals surface area (Å²) < 4.78 is 0. The van der Waals surface area contributed by atoms with Crippen LogP contribution in [0.5, 0.6) is 0 Å². The van der Waals surface area contributed by atoms with Crippen LogP contribution < -0.4 is 0 Å². The molecule has 24 heavy (non-hydrogen) atoms. The van der Waals surface area contributed by atoms with E-state index in [9.17, 15) is 9.59 Å². The first-order chi connectivity index (χ1) is 11.5. The Morgan fingerprint density at radius 1 is 1.04 bits per heavy atom. The van der Waals surface area contributed by atoms with Gasteiger partial charge in [-0.05, 0) is 47.2 Å². The fourth-order valence-electron chi connectivity index (χ4n) is 2.23. The van der Waals surface area contributed by atoms with Crippen molar-refractivity contribution in [2.45, 2.75) is 6.54 Å². The Morgan fingerprint density at radius 2 is 1.79 bits per heavy atom. The monoisotopic (exact) mass is 397 g/mol. The Bertz CT molecular complexity index is 867. The molecule has 1 heterocycles. The molecule has 2 amide bonds. The van der Waals surface area contributed by atoms with Crippen molar-refractivity contribution in [1.29, 1.82) is 0 Å². The van der Waals surface area contributed by atoms with E-state index in [2.05, 4.69) is 0 Å². The largest absolute Gasteiger partial charge is 0.293 e. The van der Waals surface area contributed by atoms with Gasteiger partial charge in [0.2, 0.25) is 0 Å². The van der Waals surface area contributed by atoms with Crippen LogP contribution in [0.1, 0.15) is 11.1 Å². The Morgan fingerprint density at radius 3 is 2.54 bits per heavy atom. The van der Waals surface area contributed by atoms with Crippen LogP contribution in [-0.2, 0) is 11.3 Å². The molecule has 2 aromatic rings. The number of benzene rings is 2. The minimum atomic E-state index is -0.360. The van der Waals surface area contributed by atoms with Gasteiger partial charge >= 0.3 is 0 Å². The molecule has 2 aromatic carbocycles. The zero-order chi connectivity index (χ0) is 17.3.